The molecule has 0 aromatic heterocycles. The molecule has 0 bridgehead atoms. The van der Waals surface area contributed by atoms with Crippen LogP contribution in [0.15, 0.2) is 53.5 Å². The summed E-state index contributed by atoms with van der Waals surface area (Å²) in [5.41, 5.74) is 2.80. The molecule has 1 heterocycles. The van der Waals surface area contributed by atoms with E-state index in [2.05, 4.69) is 31.2 Å². The summed E-state index contributed by atoms with van der Waals surface area (Å²) in [7, 11) is 0. The van der Waals surface area contributed by atoms with E-state index >= 15 is 0 Å². The van der Waals surface area contributed by atoms with Gasteiger partial charge in [0.05, 0.1) is 0 Å². The van der Waals surface area contributed by atoms with E-state index in [0.717, 1.165) is 66.2 Å². The van der Waals surface area contributed by atoms with Crippen molar-refractivity contribution in [2.75, 3.05) is 6.54 Å². The van der Waals surface area contributed by atoms with E-state index in [-0.39, 0.29) is 5.91 Å². The van der Waals surface area contributed by atoms with Crippen molar-refractivity contribution in [2.45, 2.75) is 44.6 Å². The lowest BCUT2D eigenvalue weighted by atomic mass is 9.98. The van der Waals surface area contributed by atoms with Crippen LogP contribution in [0.4, 0.5) is 0 Å². The Bertz CT molecular complexity index is 833. The van der Waals surface area contributed by atoms with Crippen LogP contribution in [0.25, 0.3) is 11.1 Å². The summed E-state index contributed by atoms with van der Waals surface area (Å²) in [6.45, 7) is 2.84. The minimum absolute atomic E-state index is 0.202. The van der Waals surface area contributed by atoms with Crippen LogP contribution in [0.3, 0.4) is 0 Å². The van der Waals surface area contributed by atoms with Crippen molar-refractivity contribution >= 4 is 23.3 Å². The number of amidine groups is 1. The predicted octanol–water partition coefficient (Wildman–Crippen LogP) is 5.32. The number of hydrogen-bond acceptors (Lipinski definition) is 2. The smallest absolute Gasteiger partial charge is 0.256 e. The molecule has 4 rings (SSSR count). The van der Waals surface area contributed by atoms with Crippen LogP contribution in [-0.4, -0.2) is 28.7 Å². The molecule has 0 unspecified atom stereocenters. The Balaban J connectivity index is 1.67. The number of benzene rings is 2. The van der Waals surface area contributed by atoms with Crippen molar-refractivity contribution in [3.05, 3.63) is 59.1 Å². The van der Waals surface area contributed by atoms with E-state index in [0.29, 0.717) is 0 Å². The third kappa shape index (κ3) is 2.95. The highest BCUT2D eigenvalue weighted by molar-refractivity contribution is 6.30. The monoisotopic (exact) mass is 366 g/mol. The number of carbonyl (C=O) groups is 1. The highest BCUT2D eigenvalue weighted by Crippen LogP contribution is 2.40. The van der Waals surface area contributed by atoms with Gasteiger partial charge in [-0.15, -0.1) is 0 Å². The zero-order valence-corrected chi connectivity index (χ0v) is 15.8. The van der Waals surface area contributed by atoms with Crippen LogP contribution in [-0.2, 0) is 4.79 Å². The first-order chi connectivity index (χ1) is 12.6. The maximum atomic E-state index is 13.0. The molecular weight excluding hydrogens is 344 g/mol. The van der Waals surface area contributed by atoms with Crippen molar-refractivity contribution < 1.29 is 4.79 Å². The zero-order chi connectivity index (χ0) is 18.1. The predicted molar refractivity (Wildman–Crippen MR) is 107 cm³/mol. The number of nitrogens with zero attached hydrogens (tertiary/aromatic N) is 2. The van der Waals surface area contributed by atoms with E-state index in [9.17, 15) is 4.79 Å². The molecule has 4 heteroatoms. The molecule has 1 aliphatic heterocycles. The molecule has 3 nitrogen and oxygen atoms in total. The van der Waals surface area contributed by atoms with Gasteiger partial charge in [-0.25, -0.2) is 0 Å². The molecule has 1 amide bonds. The Kier molecular flexibility index (Phi) is 4.58. The second-order valence-electron chi connectivity index (χ2n) is 7.22. The minimum atomic E-state index is -0.487. The molecule has 2 aromatic rings. The van der Waals surface area contributed by atoms with Gasteiger partial charge in [0.15, 0.2) is 0 Å². The average Bonchev–Trinajstić information content (AvgIpc) is 3.24. The number of halogens is 1. The summed E-state index contributed by atoms with van der Waals surface area (Å²) in [6.07, 6.45) is 4.90. The van der Waals surface area contributed by atoms with Gasteiger partial charge in [0.1, 0.15) is 11.4 Å². The normalized spacial score (nSPS) is 18.6. The quantitative estimate of drug-likeness (QED) is 0.720. The summed E-state index contributed by atoms with van der Waals surface area (Å²) >= 11 is 5.98. The van der Waals surface area contributed by atoms with Crippen molar-refractivity contribution in [3.63, 3.8) is 0 Å². The average molecular weight is 367 g/mol. The highest BCUT2D eigenvalue weighted by atomic mass is 35.5. The Morgan fingerprint density at radius 3 is 2.08 bits per heavy atom. The molecule has 0 radical (unpaired) electrons. The Morgan fingerprint density at radius 1 is 0.962 bits per heavy atom. The van der Waals surface area contributed by atoms with Gasteiger partial charge >= 0.3 is 0 Å². The first-order valence-corrected chi connectivity index (χ1v) is 9.79. The van der Waals surface area contributed by atoms with Gasteiger partial charge in [-0.05, 0) is 42.5 Å². The molecule has 0 N–H and O–H groups in total. The fraction of sp³-hybridized carbons (Fsp3) is 0.364. The largest absolute Gasteiger partial charge is 0.294 e. The fourth-order valence-corrected chi connectivity index (χ4v) is 4.18. The van der Waals surface area contributed by atoms with Gasteiger partial charge in [0, 0.05) is 17.1 Å². The van der Waals surface area contributed by atoms with Crippen LogP contribution in [0.5, 0.6) is 0 Å². The van der Waals surface area contributed by atoms with E-state index < -0.39 is 5.54 Å². The molecule has 2 aliphatic rings. The Hall–Kier alpha value is -2.13. The molecule has 2 aromatic carbocycles. The maximum Gasteiger partial charge on any atom is 0.256 e. The number of hydrogen-bond donors (Lipinski definition) is 0. The van der Waals surface area contributed by atoms with Gasteiger partial charge < -0.3 is 0 Å². The third-order valence-electron chi connectivity index (χ3n) is 5.42. The van der Waals surface area contributed by atoms with E-state index in [1.54, 1.807) is 0 Å². The van der Waals surface area contributed by atoms with Crippen molar-refractivity contribution in [1.29, 1.82) is 0 Å². The lowest BCUT2D eigenvalue weighted by molar-refractivity contribution is -0.131. The second kappa shape index (κ2) is 6.88. The minimum Gasteiger partial charge on any atom is -0.294 e. The van der Waals surface area contributed by atoms with Crippen LogP contribution < -0.4 is 0 Å². The van der Waals surface area contributed by atoms with E-state index in [1.165, 1.54) is 0 Å². The Labute approximate surface area is 159 Å². The zero-order valence-electron chi connectivity index (χ0n) is 15.0. The van der Waals surface area contributed by atoms with E-state index in [4.69, 9.17) is 16.6 Å². The third-order valence-corrected chi connectivity index (χ3v) is 5.67. The van der Waals surface area contributed by atoms with Gasteiger partial charge in [0.2, 0.25) is 0 Å². The van der Waals surface area contributed by atoms with Gasteiger partial charge in [-0.3, -0.25) is 14.7 Å². The van der Waals surface area contributed by atoms with Crippen molar-refractivity contribution in [3.8, 4) is 11.1 Å². The summed E-state index contributed by atoms with van der Waals surface area (Å²) in [4.78, 5) is 19.9. The first-order valence-electron chi connectivity index (χ1n) is 9.41. The standard InChI is InChI=1S/C22H23ClN2O/c1-2-15-25-20(24-22(21(25)26)13-3-4-14-22)18-7-5-16(6-8-18)17-9-11-19(23)12-10-17/h5-12H,2-4,13-15H2,1H3. The number of amides is 1. The number of aliphatic imine (C=N–C) groups is 1. The fourth-order valence-electron chi connectivity index (χ4n) is 4.05. The van der Waals surface area contributed by atoms with Crippen LogP contribution in [0.1, 0.15) is 44.6 Å². The van der Waals surface area contributed by atoms with E-state index in [1.807, 2.05) is 29.2 Å². The van der Waals surface area contributed by atoms with Gasteiger partial charge in [0.25, 0.3) is 5.91 Å². The number of rotatable bonds is 4. The second-order valence-corrected chi connectivity index (χ2v) is 7.65. The summed E-state index contributed by atoms with van der Waals surface area (Å²) < 4.78 is 0. The lowest BCUT2D eigenvalue weighted by Crippen LogP contribution is -2.41. The summed E-state index contributed by atoms with van der Waals surface area (Å²) in [5.74, 6) is 1.05. The highest BCUT2D eigenvalue weighted by Gasteiger charge is 2.49. The molecular formula is C22H23ClN2O. The van der Waals surface area contributed by atoms with Crippen LogP contribution in [0.2, 0.25) is 5.02 Å². The molecule has 1 spiro atoms. The number of carbonyl (C=O) groups excluding carboxylic acids is 1. The molecule has 26 heavy (non-hydrogen) atoms. The molecule has 134 valence electrons. The molecule has 0 atom stereocenters. The summed E-state index contributed by atoms with van der Waals surface area (Å²) in [5, 5.41) is 0.737. The lowest BCUT2D eigenvalue weighted by Gasteiger charge is -2.22. The molecule has 1 saturated carbocycles. The van der Waals surface area contributed by atoms with Crippen molar-refractivity contribution in [2.24, 2.45) is 4.99 Å². The molecule has 1 fully saturated rings. The van der Waals surface area contributed by atoms with Crippen LogP contribution in [0, 0.1) is 0 Å². The van der Waals surface area contributed by atoms with Crippen molar-refractivity contribution in [1.82, 2.24) is 4.90 Å². The van der Waals surface area contributed by atoms with Crippen LogP contribution >= 0.6 is 11.6 Å². The SMILES string of the molecule is CCCN1C(=O)C2(CCCC2)N=C1c1ccc(-c2ccc(Cl)cc2)cc1. The first kappa shape index (κ1) is 17.3. The van der Waals surface area contributed by atoms with Gasteiger partial charge in [-0.2, -0.15) is 0 Å². The summed E-state index contributed by atoms with van der Waals surface area (Å²) in [6, 6.07) is 16.2. The topological polar surface area (TPSA) is 32.7 Å². The molecule has 0 saturated heterocycles. The molecule has 1 aliphatic carbocycles. The Morgan fingerprint density at radius 2 is 1.50 bits per heavy atom. The maximum absolute atomic E-state index is 13.0. The van der Waals surface area contributed by atoms with Gasteiger partial charge in [-0.1, -0.05) is 67.8 Å².